The molecule has 0 aliphatic heterocycles. The summed E-state index contributed by atoms with van der Waals surface area (Å²) in [4.78, 5) is 22.3. The third-order valence-corrected chi connectivity index (χ3v) is 3.24. The van der Waals surface area contributed by atoms with Crippen molar-refractivity contribution in [2.75, 3.05) is 18.0 Å². The summed E-state index contributed by atoms with van der Waals surface area (Å²) in [5.41, 5.74) is 6.64. The van der Waals surface area contributed by atoms with Crippen LogP contribution in [-0.2, 0) is 10.5 Å². The number of thioether (sulfide) groups is 1. The van der Waals surface area contributed by atoms with Gasteiger partial charge in [0.1, 0.15) is 0 Å². The molecule has 0 aliphatic rings. The first-order chi connectivity index (χ1) is 8.56. The van der Waals surface area contributed by atoms with Crippen LogP contribution in [0.1, 0.15) is 22.8 Å². The van der Waals surface area contributed by atoms with E-state index in [4.69, 9.17) is 10.8 Å². The van der Waals surface area contributed by atoms with Gasteiger partial charge in [-0.05, 0) is 18.6 Å². The molecular weight excluding hydrogens is 252 g/mol. The lowest BCUT2D eigenvalue weighted by Gasteiger charge is -2.08. The van der Waals surface area contributed by atoms with Crippen LogP contribution < -0.4 is 11.1 Å². The van der Waals surface area contributed by atoms with E-state index in [-0.39, 0.29) is 17.2 Å². The van der Waals surface area contributed by atoms with Crippen molar-refractivity contribution in [3.63, 3.8) is 0 Å². The molecule has 1 aromatic carbocycles. The number of carbonyl (C=O) groups is 2. The Balaban J connectivity index is 2.65. The summed E-state index contributed by atoms with van der Waals surface area (Å²) in [7, 11) is 0. The van der Waals surface area contributed by atoms with Gasteiger partial charge in [0.25, 0.3) is 0 Å². The maximum Gasteiger partial charge on any atom is 0.338 e. The van der Waals surface area contributed by atoms with Crippen LogP contribution in [0.4, 0.5) is 5.69 Å². The van der Waals surface area contributed by atoms with E-state index in [9.17, 15) is 9.59 Å². The quantitative estimate of drug-likeness (QED) is 0.677. The number of aromatic carboxylic acids is 1. The Kier molecular flexibility index (Phi) is 5.51. The van der Waals surface area contributed by atoms with Crippen molar-refractivity contribution in [2.45, 2.75) is 12.7 Å². The Morgan fingerprint density at radius 2 is 2.17 bits per heavy atom. The molecule has 18 heavy (non-hydrogen) atoms. The van der Waals surface area contributed by atoms with Crippen LogP contribution in [0, 0.1) is 0 Å². The number of nitrogens with two attached hydrogens (primary N) is 1. The van der Waals surface area contributed by atoms with E-state index in [2.05, 4.69) is 5.32 Å². The monoisotopic (exact) mass is 268 g/mol. The fraction of sp³-hybridized carbons (Fsp3) is 0.333. The molecule has 98 valence electrons. The zero-order valence-corrected chi connectivity index (χ0v) is 10.9. The first-order valence-electron chi connectivity index (χ1n) is 5.51. The molecule has 1 rings (SSSR count). The van der Waals surface area contributed by atoms with E-state index < -0.39 is 5.97 Å². The lowest BCUT2D eigenvalue weighted by atomic mass is 10.1. The number of nitrogen functional groups attached to an aromatic ring is 1. The minimum Gasteiger partial charge on any atom is -0.478 e. The Morgan fingerprint density at radius 3 is 2.78 bits per heavy atom. The number of rotatable bonds is 6. The van der Waals surface area contributed by atoms with Crippen molar-refractivity contribution in [1.29, 1.82) is 0 Å². The second-order valence-corrected chi connectivity index (χ2v) is 4.62. The molecular formula is C12H16N2O3S. The predicted octanol–water partition coefficient (Wildman–Crippen LogP) is 1.34. The number of benzene rings is 1. The Morgan fingerprint density at radius 1 is 1.44 bits per heavy atom. The molecule has 0 unspecified atom stereocenters. The van der Waals surface area contributed by atoms with Gasteiger partial charge in [0, 0.05) is 18.0 Å². The van der Waals surface area contributed by atoms with Gasteiger partial charge in [-0.15, -0.1) is 11.8 Å². The lowest BCUT2D eigenvalue weighted by Crippen LogP contribution is -2.24. The highest BCUT2D eigenvalue weighted by molar-refractivity contribution is 7.99. The van der Waals surface area contributed by atoms with Gasteiger partial charge in [-0.2, -0.15) is 0 Å². The number of hydrogen-bond donors (Lipinski definition) is 3. The maximum atomic E-state index is 11.2. The Labute approximate surface area is 110 Å². The topological polar surface area (TPSA) is 92.4 Å². The van der Waals surface area contributed by atoms with Gasteiger partial charge in [0.2, 0.25) is 5.91 Å². The van der Waals surface area contributed by atoms with E-state index in [1.807, 2.05) is 6.92 Å². The third-order valence-electron chi connectivity index (χ3n) is 2.26. The number of carboxylic acids is 1. The SMILES string of the molecule is CCNC(=O)CSCc1cccc(N)c1C(=O)O. The highest BCUT2D eigenvalue weighted by Gasteiger charge is 2.13. The highest BCUT2D eigenvalue weighted by Crippen LogP contribution is 2.21. The Bertz CT molecular complexity index is 449. The number of carboxylic acid groups (broad SMARTS) is 1. The number of anilines is 1. The molecule has 4 N–H and O–H groups in total. The van der Waals surface area contributed by atoms with Crippen LogP contribution in [0.25, 0.3) is 0 Å². The summed E-state index contributed by atoms with van der Waals surface area (Å²) in [6.07, 6.45) is 0. The molecule has 0 fully saturated rings. The van der Waals surface area contributed by atoms with Crippen molar-refractivity contribution >= 4 is 29.3 Å². The van der Waals surface area contributed by atoms with Gasteiger partial charge < -0.3 is 16.2 Å². The molecule has 0 radical (unpaired) electrons. The van der Waals surface area contributed by atoms with Crippen molar-refractivity contribution < 1.29 is 14.7 Å². The molecule has 0 atom stereocenters. The largest absolute Gasteiger partial charge is 0.478 e. The smallest absolute Gasteiger partial charge is 0.338 e. The van der Waals surface area contributed by atoms with Crippen molar-refractivity contribution in [1.82, 2.24) is 5.32 Å². The zero-order valence-electron chi connectivity index (χ0n) is 10.1. The maximum absolute atomic E-state index is 11.2. The Hall–Kier alpha value is -1.69. The molecule has 0 spiro atoms. The second kappa shape index (κ2) is 6.90. The van der Waals surface area contributed by atoms with Crippen LogP contribution in [0.5, 0.6) is 0 Å². The standard InChI is InChI=1S/C12H16N2O3S/c1-2-14-10(15)7-18-6-8-4-3-5-9(13)11(8)12(16)17/h3-5H,2,6-7,13H2,1H3,(H,14,15)(H,16,17). The molecule has 5 nitrogen and oxygen atoms in total. The minimum atomic E-state index is -1.04. The highest BCUT2D eigenvalue weighted by atomic mass is 32.2. The van der Waals surface area contributed by atoms with Crippen LogP contribution in [0.2, 0.25) is 0 Å². The average molecular weight is 268 g/mol. The number of hydrogen-bond acceptors (Lipinski definition) is 4. The summed E-state index contributed by atoms with van der Waals surface area (Å²) >= 11 is 1.36. The van der Waals surface area contributed by atoms with E-state index in [0.29, 0.717) is 23.6 Å². The van der Waals surface area contributed by atoms with Gasteiger partial charge in [0.05, 0.1) is 11.3 Å². The van der Waals surface area contributed by atoms with Crippen molar-refractivity contribution in [3.05, 3.63) is 29.3 Å². The average Bonchev–Trinajstić information content (AvgIpc) is 2.28. The molecule has 1 aromatic rings. The summed E-state index contributed by atoms with van der Waals surface area (Å²) in [6.45, 7) is 2.45. The summed E-state index contributed by atoms with van der Waals surface area (Å²) < 4.78 is 0. The zero-order chi connectivity index (χ0) is 13.5. The van der Waals surface area contributed by atoms with Crippen LogP contribution in [-0.4, -0.2) is 29.3 Å². The molecule has 0 aliphatic carbocycles. The first-order valence-corrected chi connectivity index (χ1v) is 6.66. The predicted molar refractivity (Wildman–Crippen MR) is 72.7 cm³/mol. The fourth-order valence-electron chi connectivity index (χ4n) is 1.50. The third kappa shape index (κ3) is 3.96. The van der Waals surface area contributed by atoms with Crippen molar-refractivity contribution in [3.8, 4) is 0 Å². The number of carbonyl (C=O) groups excluding carboxylic acids is 1. The van der Waals surface area contributed by atoms with Gasteiger partial charge in [-0.1, -0.05) is 12.1 Å². The first kappa shape index (κ1) is 14.4. The summed E-state index contributed by atoms with van der Waals surface area (Å²) in [5, 5.41) is 11.8. The molecule has 6 heteroatoms. The molecule has 0 bridgehead atoms. The van der Waals surface area contributed by atoms with Crippen molar-refractivity contribution in [2.24, 2.45) is 0 Å². The number of nitrogens with one attached hydrogen (secondary N) is 1. The molecule has 1 amide bonds. The van der Waals surface area contributed by atoms with Crippen LogP contribution >= 0.6 is 11.8 Å². The molecule has 0 aromatic heterocycles. The normalized spacial score (nSPS) is 10.1. The second-order valence-electron chi connectivity index (χ2n) is 3.63. The van der Waals surface area contributed by atoms with E-state index in [0.717, 1.165) is 0 Å². The summed E-state index contributed by atoms with van der Waals surface area (Å²) in [6, 6.07) is 4.98. The van der Waals surface area contributed by atoms with Crippen LogP contribution in [0.3, 0.4) is 0 Å². The van der Waals surface area contributed by atoms with E-state index in [1.165, 1.54) is 11.8 Å². The van der Waals surface area contributed by atoms with E-state index in [1.54, 1.807) is 18.2 Å². The summed E-state index contributed by atoms with van der Waals surface area (Å²) in [5.74, 6) is -0.337. The van der Waals surface area contributed by atoms with Gasteiger partial charge >= 0.3 is 5.97 Å². The fourth-order valence-corrected chi connectivity index (χ4v) is 2.35. The molecule has 0 saturated carbocycles. The molecule has 0 saturated heterocycles. The van der Waals surface area contributed by atoms with E-state index >= 15 is 0 Å². The van der Waals surface area contributed by atoms with Gasteiger partial charge in [0.15, 0.2) is 0 Å². The minimum absolute atomic E-state index is 0.0525. The lowest BCUT2D eigenvalue weighted by molar-refractivity contribution is -0.118. The molecule has 0 heterocycles. The van der Waals surface area contributed by atoms with Crippen LogP contribution in [0.15, 0.2) is 18.2 Å². The van der Waals surface area contributed by atoms with Gasteiger partial charge in [-0.25, -0.2) is 4.79 Å². The number of amides is 1. The van der Waals surface area contributed by atoms with Gasteiger partial charge in [-0.3, -0.25) is 4.79 Å².